The molecule has 1 N–H and O–H groups in total. The lowest BCUT2D eigenvalue weighted by Crippen LogP contribution is -2.35. The predicted molar refractivity (Wildman–Crippen MR) is 85.8 cm³/mol. The summed E-state index contributed by atoms with van der Waals surface area (Å²) in [7, 11) is 1.91. The number of halogens is 5. The lowest BCUT2D eigenvalue weighted by Gasteiger charge is -2.26. The number of aryl methyl sites for hydroxylation is 1. The van der Waals surface area contributed by atoms with Gasteiger partial charge >= 0.3 is 12.1 Å². The van der Waals surface area contributed by atoms with Crippen molar-refractivity contribution in [1.29, 1.82) is 0 Å². The van der Waals surface area contributed by atoms with Gasteiger partial charge in [0.2, 0.25) is 5.89 Å². The first-order valence-corrected chi connectivity index (χ1v) is 8.54. The minimum Gasteiger partial charge on any atom is -0.417 e. The van der Waals surface area contributed by atoms with Crippen LogP contribution in [-0.2, 0) is 12.6 Å². The highest BCUT2D eigenvalue weighted by Gasteiger charge is 2.38. The van der Waals surface area contributed by atoms with Crippen molar-refractivity contribution >= 4 is 0 Å². The number of hydrogen-bond acceptors (Lipinski definition) is 5. The van der Waals surface area contributed by atoms with Crippen molar-refractivity contribution in [3.8, 4) is 0 Å². The van der Waals surface area contributed by atoms with Crippen molar-refractivity contribution in [2.45, 2.75) is 37.5 Å². The first-order chi connectivity index (χ1) is 12.8. The van der Waals surface area contributed by atoms with E-state index in [1.165, 1.54) is 6.07 Å². The second-order valence-electron chi connectivity index (χ2n) is 6.55. The maximum atomic E-state index is 13.5. The van der Waals surface area contributed by atoms with Crippen LogP contribution < -0.4 is 5.32 Å². The van der Waals surface area contributed by atoms with Crippen LogP contribution >= 0.6 is 0 Å². The molecule has 1 saturated heterocycles. The third-order valence-electron chi connectivity index (χ3n) is 4.62. The SMILES string of the molecule is CN1CC[C@@H](NCCCc2nnc(C(F)(F)F)o2)[C@@H]1c1ccc(F)c(F)c1. The molecule has 0 spiro atoms. The van der Waals surface area contributed by atoms with Gasteiger partial charge in [0.25, 0.3) is 0 Å². The Kier molecular flexibility index (Phi) is 5.75. The van der Waals surface area contributed by atoms with E-state index in [0.717, 1.165) is 19.0 Å². The third-order valence-corrected chi connectivity index (χ3v) is 4.62. The zero-order chi connectivity index (χ0) is 19.6. The van der Waals surface area contributed by atoms with E-state index in [4.69, 9.17) is 0 Å². The molecule has 0 saturated carbocycles. The van der Waals surface area contributed by atoms with Crippen LogP contribution in [0.2, 0.25) is 0 Å². The van der Waals surface area contributed by atoms with Crippen LogP contribution in [0.25, 0.3) is 0 Å². The van der Waals surface area contributed by atoms with E-state index in [0.29, 0.717) is 18.5 Å². The molecular weight excluding hydrogens is 371 g/mol. The van der Waals surface area contributed by atoms with E-state index in [9.17, 15) is 22.0 Å². The summed E-state index contributed by atoms with van der Waals surface area (Å²) in [5.74, 6) is -3.18. The molecule has 1 aliphatic heterocycles. The Morgan fingerprint density at radius 2 is 2.00 bits per heavy atom. The van der Waals surface area contributed by atoms with Gasteiger partial charge in [0, 0.05) is 25.0 Å². The molecule has 2 aromatic rings. The Morgan fingerprint density at radius 1 is 1.22 bits per heavy atom. The van der Waals surface area contributed by atoms with Crippen molar-refractivity contribution in [2.24, 2.45) is 0 Å². The topological polar surface area (TPSA) is 54.2 Å². The summed E-state index contributed by atoms with van der Waals surface area (Å²) in [5, 5.41) is 9.71. The van der Waals surface area contributed by atoms with E-state index >= 15 is 0 Å². The van der Waals surface area contributed by atoms with E-state index in [1.54, 1.807) is 6.07 Å². The molecule has 5 nitrogen and oxygen atoms in total. The van der Waals surface area contributed by atoms with Crippen LogP contribution in [0.15, 0.2) is 22.6 Å². The van der Waals surface area contributed by atoms with Gasteiger partial charge in [-0.1, -0.05) is 6.07 Å². The largest absolute Gasteiger partial charge is 0.470 e. The third kappa shape index (κ3) is 4.62. The molecule has 0 radical (unpaired) electrons. The van der Waals surface area contributed by atoms with E-state index in [1.807, 2.05) is 7.05 Å². The van der Waals surface area contributed by atoms with Gasteiger partial charge in [0.15, 0.2) is 11.6 Å². The predicted octanol–water partition coefficient (Wildman–Crippen LogP) is 3.33. The zero-order valence-corrected chi connectivity index (χ0v) is 14.6. The molecule has 10 heteroatoms. The Balaban J connectivity index is 1.54. The lowest BCUT2D eigenvalue weighted by atomic mass is 10.00. The summed E-state index contributed by atoms with van der Waals surface area (Å²) in [4.78, 5) is 2.05. The van der Waals surface area contributed by atoms with Gasteiger partial charge in [-0.25, -0.2) is 8.78 Å². The highest BCUT2D eigenvalue weighted by molar-refractivity contribution is 5.24. The molecule has 0 bridgehead atoms. The van der Waals surface area contributed by atoms with Crippen LogP contribution in [0.5, 0.6) is 0 Å². The molecule has 0 amide bonds. The standard InChI is InChI=1S/C17H19F5N4O/c1-26-8-6-13(15(26)10-4-5-11(18)12(19)9-10)23-7-2-3-14-24-25-16(27-14)17(20,21)22/h4-5,9,13,15,23H,2-3,6-8H2,1H3/t13-,15+/m1/s1. The molecule has 27 heavy (non-hydrogen) atoms. The number of alkyl halides is 3. The molecule has 0 unspecified atom stereocenters. The van der Waals surface area contributed by atoms with Gasteiger partial charge in [-0.05, 0) is 44.1 Å². The number of hydrogen-bond donors (Lipinski definition) is 1. The molecule has 0 aliphatic carbocycles. The number of likely N-dealkylation sites (tertiary alicyclic amines) is 1. The number of rotatable bonds is 6. The highest BCUT2D eigenvalue weighted by atomic mass is 19.4. The second-order valence-corrected chi connectivity index (χ2v) is 6.55. The van der Waals surface area contributed by atoms with Gasteiger partial charge in [-0.2, -0.15) is 13.2 Å². The Labute approximate surface area is 152 Å². The Morgan fingerprint density at radius 3 is 2.67 bits per heavy atom. The molecular formula is C17H19F5N4O. The smallest absolute Gasteiger partial charge is 0.417 e. The summed E-state index contributed by atoms with van der Waals surface area (Å²) < 4.78 is 68.6. The summed E-state index contributed by atoms with van der Waals surface area (Å²) in [6.45, 7) is 1.31. The average molecular weight is 390 g/mol. The van der Waals surface area contributed by atoms with Crippen molar-refractivity contribution in [3.63, 3.8) is 0 Å². The van der Waals surface area contributed by atoms with Crippen LogP contribution in [0.4, 0.5) is 22.0 Å². The maximum absolute atomic E-state index is 13.5. The van der Waals surface area contributed by atoms with Crippen LogP contribution in [0.3, 0.4) is 0 Å². The summed E-state index contributed by atoms with van der Waals surface area (Å²) in [6, 6.07) is 3.79. The summed E-state index contributed by atoms with van der Waals surface area (Å²) >= 11 is 0. The molecule has 1 aromatic carbocycles. The fourth-order valence-corrected chi connectivity index (χ4v) is 3.34. The monoisotopic (exact) mass is 390 g/mol. The van der Waals surface area contributed by atoms with Crippen LogP contribution in [-0.4, -0.2) is 41.3 Å². The van der Waals surface area contributed by atoms with Gasteiger partial charge < -0.3 is 9.73 Å². The number of nitrogens with one attached hydrogen (secondary N) is 1. The zero-order valence-electron chi connectivity index (χ0n) is 14.6. The Bertz CT molecular complexity index is 779. The fourth-order valence-electron chi connectivity index (χ4n) is 3.34. The molecule has 148 valence electrons. The average Bonchev–Trinajstić information content (AvgIpc) is 3.21. The van der Waals surface area contributed by atoms with E-state index in [-0.39, 0.29) is 24.4 Å². The highest BCUT2D eigenvalue weighted by Crippen LogP contribution is 2.32. The van der Waals surface area contributed by atoms with Gasteiger partial charge in [-0.3, -0.25) is 4.90 Å². The summed E-state index contributed by atoms with van der Waals surface area (Å²) in [5.41, 5.74) is 0.679. The molecule has 2 heterocycles. The molecule has 1 fully saturated rings. The van der Waals surface area contributed by atoms with Gasteiger partial charge in [0.05, 0.1) is 0 Å². The van der Waals surface area contributed by atoms with E-state index < -0.39 is 23.7 Å². The number of likely N-dealkylation sites (N-methyl/N-ethyl adjacent to an activating group) is 1. The summed E-state index contributed by atoms with van der Waals surface area (Å²) in [6.07, 6.45) is -3.10. The van der Waals surface area contributed by atoms with Gasteiger partial charge in [-0.15, -0.1) is 10.2 Å². The molecule has 3 rings (SSSR count). The number of benzene rings is 1. The molecule has 1 aromatic heterocycles. The van der Waals surface area contributed by atoms with Crippen LogP contribution in [0.1, 0.15) is 36.2 Å². The first-order valence-electron chi connectivity index (χ1n) is 8.54. The number of nitrogens with zero attached hydrogens (tertiary/aromatic N) is 3. The minimum atomic E-state index is -4.64. The lowest BCUT2D eigenvalue weighted by molar-refractivity contribution is -0.157. The first kappa shape index (κ1) is 19.7. The molecule has 1 aliphatic rings. The van der Waals surface area contributed by atoms with Gasteiger partial charge in [0.1, 0.15) is 0 Å². The quantitative estimate of drug-likeness (QED) is 0.606. The van der Waals surface area contributed by atoms with Crippen LogP contribution in [0, 0.1) is 11.6 Å². The van der Waals surface area contributed by atoms with Crippen molar-refractivity contribution in [2.75, 3.05) is 20.1 Å². The maximum Gasteiger partial charge on any atom is 0.470 e. The normalized spacial score (nSPS) is 21.1. The number of aromatic nitrogens is 2. The van der Waals surface area contributed by atoms with Crippen molar-refractivity contribution in [3.05, 3.63) is 47.2 Å². The second kappa shape index (κ2) is 7.89. The van der Waals surface area contributed by atoms with E-state index in [2.05, 4.69) is 24.8 Å². The molecule has 2 atom stereocenters. The minimum absolute atomic E-state index is 0.0216. The fraction of sp³-hybridized carbons (Fsp3) is 0.529. The van der Waals surface area contributed by atoms with Crippen molar-refractivity contribution < 1.29 is 26.4 Å². The van der Waals surface area contributed by atoms with Crippen molar-refractivity contribution in [1.82, 2.24) is 20.4 Å². The Hall–Kier alpha value is -2.07.